The van der Waals surface area contributed by atoms with Crippen LogP contribution in [0.5, 0.6) is 0 Å². The van der Waals surface area contributed by atoms with E-state index in [1.165, 1.54) is 20.1 Å². The van der Waals surface area contributed by atoms with Crippen LogP contribution in [0.3, 0.4) is 0 Å². The van der Waals surface area contributed by atoms with Crippen molar-refractivity contribution in [2.45, 2.75) is 45.9 Å². The van der Waals surface area contributed by atoms with Crippen molar-refractivity contribution >= 4 is 29.4 Å². The first-order valence-corrected chi connectivity index (χ1v) is 9.86. The molecule has 0 radical (unpaired) electrons. The molecule has 1 aliphatic rings. The lowest BCUT2D eigenvalue weighted by Crippen LogP contribution is -2.40. The van der Waals surface area contributed by atoms with Gasteiger partial charge in [-0.05, 0) is 37.8 Å². The Morgan fingerprint density at radius 1 is 1.18 bits per heavy atom. The number of benzene rings is 1. The monoisotopic (exact) mass is 493 g/mol. The predicted molar refractivity (Wildman–Crippen MR) is 109 cm³/mol. The number of fused-ring (bicyclic) bond motifs is 1. The van der Waals surface area contributed by atoms with Crippen LogP contribution >= 0.6 is 0 Å². The van der Waals surface area contributed by atoms with Crippen molar-refractivity contribution in [3.8, 4) is 0 Å². The molecular formula is C22H21F6NO5. The van der Waals surface area contributed by atoms with Gasteiger partial charge in [-0.25, -0.2) is 9.18 Å². The average molecular weight is 493 g/mol. The topological polar surface area (TPSA) is 72.9 Å². The molecule has 1 aliphatic heterocycles. The van der Waals surface area contributed by atoms with Crippen LogP contribution in [-0.4, -0.2) is 38.2 Å². The van der Waals surface area contributed by atoms with Crippen LogP contribution in [0, 0.1) is 6.92 Å². The molecule has 0 N–H and O–H groups in total. The van der Waals surface area contributed by atoms with Gasteiger partial charge in [0.15, 0.2) is 5.83 Å². The highest BCUT2D eigenvalue weighted by Crippen LogP contribution is 2.43. The fourth-order valence-corrected chi connectivity index (χ4v) is 3.62. The minimum Gasteiger partial charge on any atom is -0.469 e. The highest BCUT2D eigenvalue weighted by molar-refractivity contribution is 6.08. The van der Waals surface area contributed by atoms with Crippen LogP contribution in [0.2, 0.25) is 0 Å². The van der Waals surface area contributed by atoms with E-state index in [0.29, 0.717) is 12.6 Å². The fourth-order valence-electron chi connectivity index (χ4n) is 3.62. The van der Waals surface area contributed by atoms with Gasteiger partial charge >= 0.3 is 30.1 Å². The lowest BCUT2D eigenvalue weighted by Gasteiger charge is -2.26. The smallest absolute Gasteiger partial charge is 0.469 e. The summed E-state index contributed by atoms with van der Waals surface area (Å²) in [4.78, 5) is 35.8. The van der Waals surface area contributed by atoms with Crippen LogP contribution in [0.1, 0.15) is 52.4 Å². The van der Waals surface area contributed by atoms with Gasteiger partial charge in [0.2, 0.25) is 0 Å². The molecule has 0 spiro atoms. The van der Waals surface area contributed by atoms with Crippen molar-refractivity contribution < 1.29 is 50.2 Å². The standard InChI is InChI=1S/C22H21F6NO5/c1-10(6-8-14(30)33-4)5-7-12-15(17(23)19(24)25)11(2)13-9-34-20(31)16(13)18(12)29(3)21(32)22(26,27)28/h5H,6-9H2,1-4H3. The second kappa shape index (κ2) is 10.3. The lowest BCUT2D eigenvalue weighted by atomic mass is 9.88. The summed E-state index contributed by atoms with van der Waals surface area (Å²) >= 11 is 0. The largest absolute Gasteiger partial charge is 0.471 e. The van der Waals surface area contributed by atoms with Gasteiger partial charge in [-0.15, -0.1) is 0 Å². The maximum Gasteiger partial charge on any atom is 0.471 e. The molecule has 0 aliphatic carbocycles. The second-order valence-electron chi connectivity index (χ2n) is 7.52. The summed E-state index contributed by atoms with van der Waals surface area (Å²) in [5, 5.41) is 0. The summed E-state index contributed by atoms with van der Waals surface area (Å²) in [6, 6.07) is 0. The molecule has 6 nitrogen and oxygen atoms in total. The molecule has 1 aromatic rings. The van der Waals surface area contributed by atoms with E-state index in [1.54, 1.807) is 6.92 Å². The number of rotatable bonds is 7. The SMILES string of the molecule is COC(=O)CCC(C)=CCc1c(C(F)=C(F)F)c(C)c2c(c1N(C)C(=O)C(F)(F)F)C(=O)OC2. The molecular weight excluding hydrogens is 472 g/mol. The first kappa shape index (κ1) is 26.9. The molecule has 186 valence electrons. The zero-order valence-electron chi connectivity index (χ0n) is 18.7. The number of allylic oxidation sites excluding steroid dienone is 2. The fraction of sp³-hybridized carbons (Fsp3) is 0.409. The molecule has 34 heavy (non-hydrogen) atoms. The first-order valence-electron chi connectivity index (χ1n) is 9.86. The third-order valence-electron chi connectivity index (χ3n) is 5.38. The number of nitrogens with zero attached hydrogens (tertiary/aromatic N) is 1. The first-order chi connectivity index (χ1) is 15.7. The van der Waals surface area contributed by atoms with Gasteiger partial charge in [-0.1, -0.05) is 11.6 Å². The number of carbonyl (C=O) groups excluding carboxylic acids is 3. The summed E-state index contributed by atoms with van der Waals surface area (Å²) in [6.07, 6.45) is -7.00. The Balaban J connectivity index is 2.81. The van der Waals surface area contributed by atoms with Crippen molar-refractivity contribution in [2.75, 3.05) is 19.1 Å². The van der Waals surface area contributed by atoms with E-state index < -0.39 is 71.3 Å². The molecule has 0 fully saturated rings. The van der Waals surface area contributed by atoms with Gasteiger partial charge in [0.25, 0.3) is 0 Å². The molecule has 0 aromatic heterocycles. The number of anilines is 1. The molecule has 12 heteroatoms. The van der Waals surface area contributed by atoms with Gasteiger partial charge in [0.1, 0.15) is 6.61 Å². The number of halogens is 6. The van der Waals surface area contributed by atoms with Crippen LogP contribution in [0.25, 0.3) is 5.83 Å². The second-order valence-corrected chi connectivity index (χ2v) is 7.52. The Bertz CT molecular complexity index is 1090. The number of amides is 1. The van der Waals surface area contributed by atoms with Crippen LogP contribution in [0.15, 0.2) is 17.7 Å². The van der Waals surface area contributed by atoms with E-state index in [1.807, 2.05) is 0 Å². The van der Waals surface area contributed by atoms with Gasteiger partial charge in [-0.2, -0.15) is 22.0 Å². The number of cyclic esters (lactones) is 1. The van der Waals surface area contributed by atoms with E-state index >= 15 is 0 Å². The molecule has 2 rings (SSSR count). The highest BCUT2D eigenvalue weighted by atomic mass is 19.4. The summed E-state index contributed by atoms with van der Waals surface area (Å²) in [5.74, 6) is -5.99. The van der Waals surface area contributed by atoms with Crippen molar-refractivity contribution in [3.05, 3.63) is 45.5 Å². The van der Waals surface area contributed by atoms with Crippen LogP contribution in [0.4, 0.5) is 32.0 Å². The van der Waals surface area contributed by atoms with E-state index in [4.69, 9.17) is 4.74 Å². The van der Waals surface area contributed by atoms with Gasteiger partial charge < -0.3 is 14.4 Å². The Kier molecular flexibility index (Phi) is 8.17. The molecule has 1 heterocycles. The predicted octanol–water partition coefficient (Wildman–Crippen LogP) is 5.17. The van der Waals surface area contributed by atoms with Crippen LogP contribution < -0.4 is 4.90 Å². The summed E-state index contributed by atoms with van der Waals surface area (Å²) in [6.45, 7) is 2.30. The summed E-state index contributed by atoms with van der Waals surface area (Å²) < 4.78 is 90.2. The molecule has 0 unspecified atom stereocenters. The normalized spacial score (nSPS) is 13.4. The van der Waals surface area contributed by atoms with E-state index in [9.17, 15) is 40.7 Å². The Morgan fingerprint density at radius 3 is 2.32 bits per heavy atom. The number of esters is 2. The number of carbonyl (C=O) groups is 3. The van der Waals surface area contributed by atoms with Crippen LogP contribution in [-0.2, 0) is 32.1 Å². The van der Waals surface area contributed by atoms with Gasteiger partial charge in [0.05, 0.1) is 18.4 Å². The molecule has 1 aromatic carbocycles. The zero-order chi connectivity index (χ0) is 26.0. The average Bonchev–Trinajstić information content (AvgIpc) is 3.15. The third-order valence-corrected chi connectivity index (χ3v) is 5.38. The quantitative estimate of drug-likeness (QED) is 0.298. The number of alkyl halides is 3. The number of methoxy groups -OCH3 is 1. The summed E-state index contributed by atoms with van der Waals surface area (Å²) in [7, 11) is 1.89. The number of ether oxygens (including phenoxy) is 2. The molecule has 0 saturated carbocycles. The van der Waals surface area contributed by atoms with E-state index in [-0.39, 0.29) is 28.9 Å². The van der Waals surface area contributed by atoms with Crippen molar-refractivity contribution in [3.63, 3.8) is 0 Å². The van der Waals surface area contributed by atoms with E-state index in [2.05, 4.69) is 4.74 Å². The maximum absolute atomic E-state index is 14.6. The maximum atomic E-state index is 14.6. The van der Waals surface area contributed by atoms with Crippen molar-refractivity contribution in [1.82, 2.24) is 0 Å². The molecule has 0 bridgehead atoms. The number of hydrogen-bond donors (Lipinski definition) is 0. The third kappa shape index (κ3) is 5.42. The minimum atomic E-state index is -5.36. The Morgan fingerprint density at radius 2 is 1.79 bits per heavy atom. The molecule has 0 atom stereocenters. The summed E-state index contributed by atoms with van der Waals surface area (Å²) in [5.41, 5.74) is -1.97. The minimum absolute atomic E-state index is 0.0338. The zero-order valence-corrected chi connectivity index (χ0v) is 18.7. The van der Waals surface area contributed by atoms with Crippen molar-refractivity contribution in [2.24, 2.45) is 0 Å². The Hall–Kier alpha value is -3.31. The van der Waals surface area contributed by atoms with E-state index in [0.717, 1.165) is 0 Å². The lowest BCUT2D eigenvalue weighted by molar-refractivity contribution is -0.170. The molecule has 0 saturated heterocycles. The number of hydrogen-bond acceptors (Lipinski definition) is 5. The molecule has 1 amide bonds. The Labute approximate surface area is 190 Å². The van der Waals surface area contributed by atoms with Crippen molar-refractivity contribution in [1.29, 1.82) is 0 Å². The highest BCUT2D eigenvalue weighted by Gasteiger charge is 2.45. The van der Waals surface area contributed by atoms with Gasteiger partial charge in [-0.3, -0.25) is 9.59 Å². The van der Waals surface area contributed by atoms with Gasteiger partial charge in [0, 0.05) is 24.6 Å².